The summed E-state index contributed by atoms with van der Waals surface area (Å²) in [5, 5.41) is 3.43. The largest absolute Gasteiger partial charge is 0.312 e. The molecule has 2 rings (SSSR count). The molecule has 0 radical (unpaired) electrons. The molecule has 1 N–H and O–H groups in total. The maximum Gasteiger partial charge on any atom is 0.211 e. The fourth-order valence-electron chi connectivity index (χ4n) is 2.52. The predicted molar refractivity (Wildman–Crippen MR) is 85.0 cm³/mol. The number of rotatable bonds is 5. The number of hydrogen-bond acceptors (Lipinski definition) is 3. The number of nitrogens with zero attached hydrogens (tertiary/aromatic N) is 1. The van der Waals surface area contributed by atoms with E-state index in [1.54, 1.807) is 4.31 Å². The van der Waals surface area contributed by atoms with E-state index in [1.807, 2.05) is 12.1 Å². The highest BCUT2D eigenvalue weighted by Crippen LogP contribution is 2.18. The number of benzene rings is 1. The van der Waals surface area contributed by atoms with Crippen LogP contribution in [0.1, 0.15) is 18.4 Å². The summed E-state index contributed by atoms with van der Waals surface area (Å²) in [4.78, 5) is 0. The monoisotopic (exact) mass is 360 g/mol. The Balaban J connectivity index is 1.78. The van der Waals surface area contributed by atoms with Crippen molar-refractivity contribution in [2.45, 2.75) is 19.4 Å². The van der Waals surface area contributed by atoms with Gasteiger partial charge < -0.3 is 5.32 Å². The van der Waals surface area contributed by atoms with E-state index in [0.717, 1.165) is 30.4 Å². The third-order valence-electron chi connectivity index (χ3n) is 3.63. The van der Waals surface area contributed by atoms with Gasteiger partial charge >= 0.3 is 0 Å². The van der Waals surface area contributed by atoms with Crippen molar-refractivity contribution in [1.29, 1.82) is 0 Å². The quantitative estimate of drug-likeness (QED) is 0.875. The van der Waals surface area contributed by atoms with E-state index in [4.69, 9.17) is 0 Å². The maximum absolute atomic E-state index is 11.6. The molecule has 1 heterocycles. The van der Waals surface area contributed by atoms with E-state index in [1.165, 1.54) is 11.8 Å². The Morgan fingerprint density at radius 1 is 1.35 bits per heavy atom. The summed E-state index contributed by atoms with van der Waals surface area (Å²) in [5.41, 5.74) is 1.24. The molecule has 0 aromatic heterocycles. The molecule has 1 unspecified atom stereocenters. The SMILES string of the molecule is CS(=O)(=O)N1CCCC(CNCc2ccc(Br)cc2)C1. The van der Waals surface area contributed by atoms with Gasteiger partial charge in [0.2, 0.25) is 10.0 Å². The van der Waals surface area contributed by atoms with Crippen LogP contribution in [0.3, 0.4) is 0 Å². The summed E-state index contributed by atoms with van der Waals surface area (Å²) < 4.78 is 25.8. The van der Waals surface area contributed by atoms with Crippen molar-refractivity contribution in [3.05, 3.63) is 34.3 Å². The first-order valence-corrected chi connectivity index (χ1v) is 9.49. The van der Waals surface area contributed by atoms with Gasteiger partial charge in [0.05, 0.1) is 6.26 Å². The van der Waals surface area contributed by atoms with E-state index in [0.29, 0.717) is 19.0 Å². The van der Waals surface area contributed by atoms with Gasteiger partial charge in [-0.3, -0.25) is 0 Å². The van der Waals surface area contributed by atoms with Crippen LogP contribution in [0.5, 0.6) is 0 Å². The molecule has 1 atom stereocenters. The maximum atomic E-state index is 11.6. The highest BCUT2D eigenvalue weighted by Gasteiger charge is 2.25. The van der Waals surface area contributed by atoms with Crippen molar-refractivity contribution in [2.75, 3.05) is 25.9 Å². The van der Waals surface area contributed by atoms with Gasteiger partial charge in [-0.05, 0) is 43.0 Å². The fraction of sp³-hybridized carbons (Fsp3) is 0.571. The van der Waals surface area contributed by atoms with E-state index >= 15 is 0 Å². The minimum absolute atomic E-state index is 0.411. The second-order valence-corrected chi connectivity index (χ2v) is 8.28. The summed E-state index contributed by atoms with van der Waals surface area (Å²) in [5.74, 6) is 0.411. The lowest BCUT2D eigenvalue weighted by Crippen LogP contribution is -2.42. The van der Waals surface area contributed by atoms with Crippen molar-refractivity contribution >= 4 is 26.0 Å². The van der Waals surface area contributed by atoms with Crippen LogP contribution in [-0.2, 0) is 16.6 Å². The molecule has 0 spiro atoms. The molecular weight excluding hydrogens is 340 g/mol. The van der Waals surface area contributed by atoms with Gasteiger partial charge in [-0.1, -0.05) is 28.1 Å². The van der Waals surface area contributed by atoms with E-state index in [9.17, 15) is 8.42 Å². The number of piperidine rings is 1. The second kappa shape index (κ2) is 7.02. The summed E-state index contributed by atoms with van der Waals surface area (Å²) in [6.45, 7) is 3.00. The van der Waals surface area contributed by atoms with Crippen LogP contribution in [0.15, 0.2) is 28.7 Å². The molecule has 0 amide bonds. The molecule has 4 nitrogen and oxygen atoms in total. The number of hydrogen-bond donors (Lipinski definition) is 1. The molecular formula is C14H21BrN2O2S. The molecule has 6 heteroatoms. The van der Waals surface area contributed by atoms with Gasteiger partial charge in [-0.25, -0.2) is 12.7 Å². The topological polar surface area (TPSA) is 49.4 Å². The number of sulfonamides is 1. The number of nitrogens with one attached hydrogen (secondary N) is 1. The standard InChI is InChI=1S/C14H21BrN2O2S/c1-20(18,19)17-8-2-3-13(11-17)10-16-9-12-4-6-14(15)7-5-12/h4-7,13,16H,2-3,8-11H2,1H3. The van der Waals surface area contributed by atoms with Gasteiger partial charge in [-0.2, -0.15) is 0 Å². The van der Waals surface area contributed by atoms with E-state index in [-0.39, 0.29) is 0 Å². The molecule has 0 saturated carbocycles. The van der Waals surface area contributed by atoms with Crippen LogP contribution >= 0.6 is 15.9 Å². The Bertz CT molecular complexity index is 531. The van der Waals surface area contributed by atoms with Crippen molar-refractivity contribution in [2.24, 2.45) is 5.92 Å². The first kappa shape index (κ1) is 15.9. The molecule has 0 bridgehead atoms. The van der Waals surface area contributed by atoms with Crippen LogP contribution in [0.4, 0.5) is 0 Å². The van der Waals surface area contributed by atoms with Crippen molar-refractivity contribution in [3.63, 3.8) is 0 Å². The van der Waals surface area contributed by atoms with E-state index < -0.39 is 10.0 Å². The Kier molecular flexibility index (Phi) is 5.60. The minimum Gasteiger partial charge on any atom is -0.312 e. The molecule has 20 heavy (non-hydrogen) atoms. The summed E-state index contributed by atoms with van der Waals surface area (Å²) >= 11 is 3.42. The van der Waals surface area contributed by atoms with Crippen LogP contribution in [0, 0.1) is 5.92 Å². The Labute approximate surface area is 129 Å². The molecule has 112 valence electrons. The lowest BCUT2D eigenvalue weighted by Gasteiger charge is -2.31. The Morgan fingerprint density at radius 3 is 2.70 bits per heavy atom. The highest BCUT2D eigenvalue weighted by molar-refractivity contribution is 9.10. The van der Waals surface area contributed by atoms with Gasteiger partial charge in [0, 0.05) is 24.1 Å². The average molecular weight is 361 g/mol. The molecule has 1 aromatic rings. The molecule has 0 aliphatic carbocycles. The molecule has 1 aliphatic heterocycles. The fourth-order valence-corrected chi connectivity index (χ4v) is 3.72. The first-order chi connectivity index (χ1) is 9.45. The van der Waals surface area contributed by atoms with Gasteiger partial charge in [0.15, 0.2) is 0 Å². The van der Waals surface area contributed by atoms with Crippen molar-refractivity contribution in [1.82, 2.24) is 9.62 Å². The van der Waals surface area contributed by atoms with Crippen LogP contribution in [-0.4, -0.2) is 38.6 Å². The first-order valence-electron chi connectivity index (χ1n) is 6.85. The third kappa shape index (κ3) is 4.84. The Hall–Kier alpha value is -0.430. The Morgan fingerprint density at radius 2 is 2.05 bits per heavy atom. The minimum atomic E-state index is -3.04. The zero-order valence-electron chi connectivity index (χ0n) is 11.7. The van der Waals surface area contributed by atoms with Gasteiger partial charge in [0.1, 0.15) is 0 Å². The summed E-state index contributed by atoms with van der Waals surface area (Å²) in [6, 6.07) is 8.23. The summed E-state index contributed by atoms with van der Waals surface area (Å²) in [6.07, 6.45) is 3.35. The van der Waals surface area contributed by atoms with Crippen molar-refractivity contribution in [3.8, 4) is 0 Å². The molecule has 1 aliphatic rings. The zero-order chi connectivity index (χ0) is 14.6. The lowest BCUT2D eigenvalue weighted by molar-refractivity contribution is 0.261. The predicted octanol–water partition coefficient (Wildman–Crippen LogP) is 2.21. The zero-order valence-corrected chi connectivity index (χ0v) is 14.1. The highest BCUT2D eigenvalue weighted by atomic mass is 79.9. The van der Waals surface area contributed by atoms with Crippen molar-refractivity contribution < 1.29 is 8.42 Å². The number of halogens is 1. The molecule has 1 saturated heterocycles. The van der Waals surface area contributed by atoms with Crippen LogP contribution in [0.2, 0.25) is 0 Å². The average Bonchev–Trinajstić information content (AvgIpc) is 2.40. The van der Waals surface area contributed by atoms with Gasteiger partial charge in [-0.15, -0.1) is 0 Å². The molecule has 1 aromatic carbocycles. The third-order valence-corrected chi connectivity index (χ3v) is 5.42. The van der Waals surface area contributed by atoms with Crippen LogP contribution < -0.4 is 5.32 Å². The van der Waals surface area contributed by atoms with E-state index in [2.05, 4.69) is 33.4 Å². The smallest absolute Gasteiger partial charge is 0.211 e. The normalized spacial score (nSPS) is 21.0. The molecule has 1 fully saturated rings. The lowest BCUT2D eigenvalue weighted by atomic mass is 9.99. The van der Waals surface area contributed by atoms with Gasteiger partial charge in [0.25, 0.3) is 0 Å². The summed E-state index contributed by atoms with van der Waals surface area (Å²) in [7, 11) is -3.04. The second-order valence-electron chi connectivity index (χ2n) is 5.39. The van der Waals surface area contributed by atoms with Crippen LogP contribution in [0.25, 0.3) is 0 Å².